The highest BCUT2D eigenvalue weighted by molar-refractivity contribution is 5.82. The third-order valence-electron chi connectivity index (χ3n) is 7.07. The Kier molecular flexibility index (Phi) is 5.67. The van der Waals surface area contributed by atoms with E-state index in [1.807, 2.05) is 6.07 Å². The van der Waals surface area contributed by atoms with Crippen LogP contribution in [-0.4, -0.2) is 21.7 Å². The number of nitrogens with two attached hydrogens (primary N) is 1. The lowest BCUT2D eigenvalue weighted by atomic mass is 9.90. The van der Waals surface area contributed by atoms with E-state index in [0.29, 0.717) is 5.92 Å². The number of benzene rings is 2. The minimum atomic E-state index is -0.0157. The van der Waals surface area contributed by atoms with E-state index in [2.05, 4.69) is 67.8 Å². The maximum atomic E-state index is 6.56. The van der Waals surface area contributed by atoms with Crippen LogP contribution in [0.2, 0.25) is 0 Å². The topological polar surface area (TPSA) is 65.4 Å². The Labute approximate surface area is 195 Å². The Morgan fingerprint density at radius 2 is 1.94 bits per heavy atom. The largest absolute Gasteiger partial charge is 0.497 e. The third kappa shape index (κ3) is 3.70. The molecule has 0 saturated heterocycles. The molecule has 1 aliphatic rings. The molecule has 5 rings (SSSR count). The normalized spacial score (nSPS) is 16.2. The summed E-state index contributed by atoms with van der Waals surface area (Å²) in [5.74, 6) is 1.21. The monoisotopic (exact) mass is 440 g/mol. The molecule has 2 aromatic carbocycles. The fourth-order valence-corrected chi connectivity index (χ4v) is 5.34. The maximum absolute atomic E-state index is 6.56. The predicted octanol–water partition coefficient (Wildman–Crippen LogP) is 5.70. The maximum Gasteiger partial charge on any atom is 0.163 e. The quantitative estimate of drug-likeness (QED) is 0.417. The van der Waals surface area contributed by atoms with Gasteiger partial charge in [-0.25, -0.2) is 9.50 Å². The molecular weight excluding hydrogens is 408 g/mol. The van der Waals surface area contributed by atoms with E-state index in [-0.39, 0.29) is 6.04 Å². The molecule has 0 aliphatic heterocycles. The molecule has 2 heterocycles. The molecule has 5 heteroatoms. The van der Waals surface area contributed by atoms with Crippen molar-refractivity contribution >= 4 is 5.65 Å². The summed E-state index contributed by atoms with van der Waals surface area (Å²) in [4.78, 5) is 5.15. The van der Waals surface area contributed by atoms with E-state index >= 15 is 0 Å². The zero-order valence-corrected chi connectivity index (χ0v) is 19.9. The van der Waals surface area contributed by atoms with Crippen LogP contribution in [0.5, 0.6) is 5.75 Å². The summed E-state index contributed by atoms with van der Waals surface area (Å²) >= 11 is 0. The Bertz CT molecular complexity index is 1310. The molecule has 0 fully saturated rings. The van der Waals surface area contributed by atoms with Crippen molar-refractivity contribution in [2.75, 3.05) is 7.11 Å². The number of ether oxygens (including phenoxy) is 1. The molecule has 1 aliphatic carbocycles. The van der Waals surface area contributed by atoms with E-state index in [1.54, 1.807) is 7.11 Å². The number of fused-ring (bicyclic) bond motifs is 2. The van der Waals surface area contributed by atoms with Crippen molar-refractivity contribution in [1.29, 1.82) is 0 Å². The summed E-state index contributed by atoms with van der Waals surface area (Å²) in [7, 11) is 1.70. The highest BCUT2D eigenvalue weighted by Crippen LogP contribution is 2.40. The summed E-state index contributed by atoms with van der Waals surface area (Å²) in [6.07, 6.45) is 3.93. The van der Waals surface area contributed by atoms with Gasteiger partial charge >= 0.3 is 0 Å². The number of aromatic nitrogens is 3. The van der Waals surface area contributed by atoms with Crippen molar-refractivity contribution < 1.29 is 4.74 Å². The van der Waals surface area contributed by atoms with E-state index in [4.69, 9.17) is 20.6 Å². The lowest BCUT2D eigenvalue weighted by molar-refractivity contribution is 0.414. The molecule has 33 heavy (non-hydrogen) atoms. The first kappa shape index (κ1) is 21.7. The SMILES string of the molecule is CCC(Cc1ccccc1)c1c2c(nc3c(-c4ccc(OC)cc4C)c(C)nn13)C(N)CC2. The van der Waals surface area contributed by atoms with Gasteiger partial charge < -0.3 is 10.5 Å². The van der Waals surface area contributed by atoms with Crippen molar-refractivity contribution in [3.05, 3.63) is 82.3 Å². The average Bonchev–Trinajstić information content (AvgIpc) is 3.35. The van der Waals surface area contributed by atoms with Gasteiger partial charge in [0, 0.05) is 17.5 Å². The first-order chi connectivity index (χ1) is 16.0. The van der Waals surface area contributed by atoms with Crippen molar-refractivity contribution in [2.24, 2.45) is 5.73 Å². The number of rotatable bonds is 6. The summed E-state index contributed by atoms with van der Waals surface area (Å²) in [5.41, 5.74) is 16.8. The second-order valence-corrected chi connectivity index (χ2v) is 9.18. The molecule has 4 aromatic rings. The van der Waals surface area contributed by atoms with E-state index in [0.717, 1.165) is 65.2 Å². The van der Waals surface area contributed by atoms with Gasteiger partial charge in [0.05, 0.1) is 24.2 Å². The molecule has 0 bridgehead atoms. The van der Waals surface area contributed by atoms with E-state index in [9.17, 15) is 0 Å². The van der Waals surface area contributed by atoms with Crippen LogP contribution >= 0.6 is 0 Å². The number of methoxy groups -OCH3 is 1. The molecule has 0 radical (unpaired) electrons. The standard InChI is InChI=1S/C28H32N4O/c1-5-20(16-19-9-7-6-8-10-19)27-23-13-14-24(29)26(23)30-28-25(18(3)31-32(27)28)22-12-11-21(33-4)15-17(22)2/h6-12,15,20,24H,5,13-14,16,29H2,1-4H3. The summed E-state index contributed by atoms with van der Waals surface area (Å²) in [6, 6.07) is 16.9. The fraction of sp³-hybridized carbons (Fsp3) is 0.357. The molecule has 5 nitrogen and oxygen atoms in total. The summed E-state index contributed by atoms with van der Waals surface area (Å²) in [6.45, 7) is 6.47. The number of hydrogen-bond donors (Lipinski definition) is 1. The zero-order chi connectivity index (χ0) is 23.1. The van der Waals surface area contributed by atoms with Crippen LogP contribution in [-0.2, 0) is 12.8 Å². The van der Waals surface area contributed by atoms with Gasteiger partial charge in [-0.15, -0.1) is 0 Å². The Morgan fingerprint density at radius 1 is 1.15 bits per heavy atom. The van der Waals surface area contributed by atoms with Gasteiger partial charge in [0.25, 0.3) is 0 Å². The van der Waals surface area contributed by atoms with Gasteiger partial charge in [0.1, 0.15) is 5.75 Å². The van der Waals surface area contributed by atoms with Crippen molar-refractivity contribution in [2.45, 2.75) is 58.4 Å². The van der Waals surface area contributed by atoms with Gasteiger partial charge in [0.15, 0.2) is 5.65 Å². The Morgan fingerprint density at radius 3 is 2.64 bits per heavy atom. The summed E-state index contributed by atoms with van der Waals surface area (Å²) in [5, 5.41) is 5.07. The minimum absolute atomic E-state index is 0.0157. The summed E-state index contributed by atoms with van der Waals surface area (Å²) < 4.78 is 7.56. The molecule has 170 valence electrons. The fourth-order valence-electron chi connectivity index (χ4n) is 5.34. The van der Waals surface area contributed by atoms with Crippen LogP contribution in [0.3, 0.4) is 0 Å². The molecular formula is C28H32N4O. The van der Waals surface area contributed by atoms with Gasteiger partial charge in [-0.3, -0.25) is 0 Å². The number of aryl methyl sites for hydroxylation is 2. The number of hydrogen-bond acceptors (Lipinski definition) is 4. The van der Waals surface area contributed by atoms with Gasteiger partial charge in [-0.2, -0.15) is 5.10 Å². The highest BCUT2D eigenvalue weighted by atomic mass is 16.5. The Hall–Kier alpha value is -3.18. The lowest BCUT2D eigenvalue weighted by Crippen LogP contribution is -2.15. The molecule has 0 amide bonds. The number of nitrogens with zero attached hydrogens (tertiary/aromatic N) is 3. The van der Waals surface area contributed by atoms with E-state index in [1.165, 1.54) is 16.8 Å². The van der Waals surface area contributed by atoms with Crippen molar-refractivity contribution in [3.8, 4) is 16.9 Å². The zero-order valence-electron chi connectivity index (χ0n) is 19.9. The average molecular weight is 441 g/mol. The van der Waals surface area contributed by atoms with Crippen LogP contribution in [0.15, 0.2) is 48.5 Å². The highest BCUT2D eigenvalue weighted by Gasteiger charge is 2.31. The first-order valence-corrected chi connectivity index (χ1v) is 11.9. The van der Waals surface area contributed by atoms with E-state index < -0.39 is 0 Å². The van der Waals surface area contributed by atoms with Crippen LogP contribution in [0.1, 0.15) is 65.5 Å². The van der Waals surface area contributed by atoms with Crippen LogP contribution in [0.25, 0.3) is 16.8 Å². The lowest BCUT2D eigenvalue weighted by Gasteiger charge is -2.21. The molecule has 2 aromatic heterocycles. The molecule has 0 spiro atoms. The van der Waals surface area contributed by atoms with Crippen LogP contribution < -0.4 is 10.5 Å². The molecule has 2 N–H and O–H groups in total. The third-order valence-corrected chi connectivity index (χ3v) is 7.07. The van der Waals surface area contributed by atoms with Crippen LogP contribution in [0.4, 0.5) is 0 Å². The molecule has 0 saturated carbocycles. The second-order valence-electron chi connectivity index (χ2n) is 9.18. The van der Waals surface area contributed by atoms with Crippen molar-refractivity contribution in [3.63, 3.8) is 0 Å². The first-order valence-electron chi connectivity index (χ1n) is 11.9. The predicted molar refractivity (Wildman–Crippen MR) is 133 cm³/mol. The van der Waals surface area contributed by atoms with Crippen molar-refractivity contribution in [1.82, 2.24) is 14.6 Å². The van der Waals surface area contributed by atoms with Gasteiger partial charge in [0.2, 0.25) is 0 Å². The molecule has 2 unspecified atom stereocenters. The molecule has 2 atom stereocenters. The van der Waals surface area contributed by atoms with Crippen LogP contribution in [0, 0.1) is 13.8 Å². The second kappa shape index (κ2) is 8.64. The van der Waals surface area contributed by atoms with Gasteiger partial charge in [-0.1, -0.05) is 43.3 Å². The van der Waals surface area contributed by atoms with Gasteiger partial charge in [-0.05, 0) is 73.9 Å². The smallest absolute Gasteiger partial charge is 0.163 e. The minimum Gasteiger partial charge on any atom is -0.497 e. The Balaban J connectivity index is 1.74.